The third kappa shape index (κ3) is 4.05. The first kappa shape index (κ1) is 20.2. The lowest BCUT2D eigenvalue weighted by atomic mass is 10.0. The topological polar surface area (TPSA) is 51.5 Å². The molecule has 0 aliphatic carbocycles. The maximum Gasteiger partial charge on any atom is 0.231 e. The Morgan fingerprint density at radius 1 is 0.969 bits per heavy atom. The molecule has 1 aliphatic heterocycles. The summed E-state index contributed by atoms with van der Waals surface area (Å²) in [5.74, 6) is 2.10. The van der Waals surface area contributed by atoms with Gasteiger partial charge in [0.2, 0.25) is 6.79 Å². The molecule has 156 valence electrons. The summed E-state index contributed by atoms with van der Waals surface area (Å²) in [6.45, 7) is 0.674. The van der Waals surface area contributed by atoms with Crippen LogP contribution in [0.25, 0.3) is 22.4 Å². The van der Waals surface area contributed by atoms with Gasteiger partial charge in [-0.15, -0.1) is 0 Å². The first-order chi connectivity index (χ1) is 15.7. The van der Waals surface area contributed by atoms with Gasteiger partial charge < -0.3 is 14.2 Å². The zero-order valence-corrected chi connectivity index (χ0v) is 18.6. The van der Waals surface area contributed by atoms with Crippen LogP contribution < -0.4 is 14.2 Å². The number of hydrogen-bond acceptors (Lipinski definition) is 4. The number of nitrogens with zero attached hydrogens (tertiary/aromatic N) is 1. The Hall–Kier alpha value is -3.75. The Kier molecular flexibility index (Phi) is 5.53. The number of halogens is 1. The van der Waals surface area contributed by atoms with Crippen molar-refractivity contribution in [1.82, 2.24) is 0 Å². The predicted octanol–water partition coefficient (Wildman–Crippen LogP) is 6.97. The van der Waals surface area contributed by atoms with Crippen LogP contribution in [0.4, 0.5) is 0 Å². The smallest absolute Gasteiger partial charge is 0.231 e. The Labute approximate surface area is 194 Å². The predicted molar refractivity (Wildman–Crippen MR) is 128 cm³/mol. The third-order valence-electron chi connectivity index (χ3n) is 5.33. The Balaban J connectivity index is 1.36. The summed E-state index contributed by atoms with van der Waals surface area (Å²) in [5, 5.41) is 12.1. The lowest BCUT2D eigenvalue weighted by Gasteiger charge is -2.11. The molecule has 0 amide bonds. The summed E-state index contributed by atoms with van der Waals surface area (Å²) in [7, 11) is 0. The van der Waals surface area contributed by atoms with E-state index in [4.69, 9.17) is 14.2 Å². The van der Waals surface area contributed by atoms with E-state index in [1.807, 2.05) is 60.7 Å². The molecule has 4 nitrogen and oxygen atoms in total. The van der Waals surface area contributed by atoms with E-state index < -0.39 is 0 Å². The highest BCUT2D eigenvalue weighted by Gasteiger charge is 2.15. The molecule has 1 heterocycles. The molecule has 5 rings (SSSR count). The van der Waals surface area contributed by atoms with Crippen molar-refractivity contribution in [2.75, 3.05) is 6.79 Å². The number of ether oxygens (including phenoxy) is 3. The fourth-order valence-corrected chi connectivity index (χ4v) is 4.22. The van der Waals surface area contributed by atoms with E-state index in [1.165, 1.54) is 10.8 Å². The molecule has 0 saturated carbocycles. The molecule has 0 radical (unpaired) electrons. The molecule has 0 unspecified atom stereocenters. The second-order valence-corrected chi connectivity index (χ2v) is 8.21. The first-order valence-electron chi connectivity index (χ1n) is 10.1. The molecule has 1 aliphatic rings. The van der Waals surface area contributed by atoms with Crippen LogP contribution in [0, 0.1) is 11.3 Å². The Morgan fingerprint density at radius 3 is 2.69 bits per heavy atom. The first-order valence-corrected chi connectivity index (χ1v) is 10.9. The van der Waals surface area contributed by atoms with E-state index in [0.29, 0.717) is 23.7 Å². The van der Waals surface area contributed by atoms with Crippen molar-refractivity contribution in [2.45, 2.75) is 6.61 Å². The number of hydrogen-bond donors (Lipinski definition) is 0. The van der Waals surface area contributed by atoms with Crippen LogP contribution in [-0.4, -0.2) is 6.79 Å². The van der Waals surface area contributed by atoms with Gasteiger partial charge in [0.15, 0.2) is 11.5 Å². The lowest BCUT2D eigenvalue weighted by molar-refractivity contribution is 0.174. The average molecular weight is 484 g/mol. The molecule has 0 N–H and O–H groups in total. The summed E-state index contributed by atoms with van der Waals surface area (Å²) in [6.07, 6.45) is 1.84. The molecule has 4 aromatic carbocycles. The Bertz CT molecular complexity index is 1380. The van der Waals surface area contributed by atoms with E-state index >= 15 is 0 Å². The van der Waals surface area contributed by atoms with Crippen molar-refractivity contribution in [3.05, 3.63) is 100 Å². The fourth-order valence-electron chi connectivity index (χ4n) is 3.71. The number of allylic oxidation sites excluding steroid dienone is 1. The highest BCUT2D eigenvalue weighted by atomic mass is 79.9. The number of nitriles is 1. The highest BCUT2D eigenvalue weighted by molar-refractivity contribution is 9.10. The number of rotatable bonds is 5. The van der Waals surface area contributed by atoms with E-state index in [-0.39, 0.29) is 6.79 Å². The van der Waals surface area contributed by atoms with Crippen molar-refractivity contribution < 1.29 is 14.2 Å². The summed E-state index contributed by atoms with van der Waals surface area (Å²) in [6, 6.07) is 28.1. The summed E-state index contributed by atoms with van der Waals surface area (Å²) in [5.41, 5.74) is 3.35. The van der Waals surface area contributed by atoms with Gasteiger partial charge in [0, 0.05) is 0 Å². The molecule has 32 heavy (non-hydrogen) atoms. The van der Waals surface area contributed by atoms with Gasteiger partial charge in [0.05, 0.1) is 16.1 Å². The van der Waals surface area contributed by atoms with Gasteiger partial charge in [-0.1, -0.05) is 48.5 Å². The molecule has 0 saturated heterocycles. The monoisotopic (exact) mass is 483 g/mol. The molecule has 0 atom stereocenters. The maximum atomic E-state index is 9.68. The minimum absolute atomic E-state index is 0.206. The summed E-state index contributed by atoms with van der Waals surface area (Å²) < 4.78 is 17.7. The zero-order chi connectivity index (χ0) is 21.9. The third-order valence-corrected chi connectivity index (χ3v) is 5.95. The van der Waals surface area contributed by atoms with Gasteiger partial charge in [-0.05, 0) is 79.8 Å². The van der Waals surface area contributed by atoms with Gasteiger partial charge in [0.1, 0.15) is 12.4 Å². The summed E-state index contributed by atoms with van der Waals surface area (Å²) >= 11 is 3.61. The van der Waals surface area contributed by atoms with Crippen molar-refractivity contribution in [1.29, 1.82) is 5.26 Å². The van der Waals surface area contributed by atoms with E-state index in [0.717, 1.165) is 26.9 Å². The normalized spacial score (nSPS) is 12.6. The van der Waals surface area contributed by atoms with E-state index in [2.05, 4.69) is 46.3 Å². The number of fused-ring (bicyclic) bond motifs is 2. The molecule has 0 fully saturated rings. The van der Waals surface area contributed by atoms with Gasteiger partial charge >= 0.3 is 0 Å². The quantitative estimate of drug-likeness (QED) is 0.227. The van der Waals surface area contributed by atoms with E-state index in [1.54, 1.807) is 0 Å². The van der Waals surface area contributed by atoms with Gasteiger partial charge in [-0.25, -0.2) is 0 Å². The van der Waals surface area contributed by atoms with Crippen LogP contribution in [0.5, 0.6) is 17.2 Å². The molecule has 0 aromatic heterocycles. The van der Waals surface area contributed by atoms with Crippen molar-refractivity contribution in [3.8, 4) is 23.3 Å². The van der Waals surface area contributed by atoms with Crippen LogP contribution in [0.3, 0.4) is 0 Å². The van der Waals surface area contributed by atoms with Crippen LogP contribution in [0.15, 0.2) is 83.3 Å². The largest absolute Gasteiger partial charge is 0.488 e. The second kappa shape index (κ2) is 8.78. The highest BCUT2D eigenvalue weighted by Crippen LogP contribution is 2.35. The second-order valence-electron chi connectivity index (χ2n) is 7.35. The molecule has 0 bridgehead atoms. The zero-order valence-electron chi connectivity index (χ0n) is 17.0. The molecule has 0 spiro atoms. The van der Waals surface area contributed by atoms with Gasteiger partial charge in [-0.3, -0.25) is 0 Å². The fraction of sp³-hybridized carbons (Fsp3) is 0.0741. The number of benzene rings is 4. The maximum absolute atomic E-state index is 9.68. The SMILES string of the molecule is N#C/C(=C/c1ccc(OCc2cccc3ccccc23)c(Br)c1)c1ccc2c(c1)OCO2. The lowest BCUT2D eigenvalue weighted by Crippen LogP contribution is -1.97. The van der Waals surface area contributed by atoms with Gasteiger partial charge in [0.25, 0.3) is 0 Å². The average Bonchev–Trinajstić information content (AvgIpc) is 3.30. The minimum Gasteiger partial charge on any atom is -0.488 e. The van der Waals surface area contributed by atoms with Crippen LogP contribution in [0.1, 0.15) is 16.7 Å². The molecular formula is C27H18BrNO3. The van der Waals surface area contributed by atoms with E-state index in [9.17, 15) is 5.26 Å². The van der Waals surface area contributed by atoms with Crippen molar-refractivity contribution in [3.63, 3.8) is 0 Å². The molecular weight excluding hydrogens is 466 g/mol. The minimum atomic E-state index is 0.206. The molecule has 4 aromatic rings. The van der Waals surface area contributed by atoms with Crippen LogP contribution >= 0.6 is 15.9 Å². The summed E-state index contributed by atoms with van der Waals surface area (Å²) in [4.78, 5) is 0. The van der Waals surface area contributed by atoms with Crippen molar-refractivity contribution >= 4 is 38.4 Å². The molecule has 5 heteroatoms. The Morgan fingerprint density at radius 2 is 1.81 bits per heavy atom. The van der Waals surface area contributed by atoms with Crippen LogP contribution in [-0.2, 0) is 6.61 Å². The van der Waals surface area contributed by atoms with Crippen LogP contribution in [0.2, 0.25) is 0 Å². The van der Waals surface area contributed by atoms with Crippen molar-refractivity contribution in [2.24, 2.45) is 0 Å². The van der Waals surface area contributed by atoms with Gasteiger partial charge in [-0.2, -0.15) is 5.26 Å². The standard InChI is InChI=1S/C27H18BrNO3/c28-24-13-18(12-22(15-29)20-9-11-26-27(14-20)32-17-31-26)8-10-25(24)30-16-21-6-3-5-19-4-1-2-7-23(19)21/h1-14H,16-17H2/b22-12-.